The number of hydrogen-bond donors (Lipinski definition) is 15. The van der Waals surface area contributed by atoms with Gasteiger partial charge in [0.1, 0.15) is 47.8 Å². The van der Waals surface area contributed by atoms with Gasteiger partial charge < -0.3 is 81.4 Å². The number of primary amides is 1. The van der Waals surface area contributed by atoms with Crippen molar-refractivity contribution in [3.8, 4) is 11.5 Å². The lowest BCUT2D eigenvalue weighted by atomic mass is 9.96. The number of carbonyl (C=O) groups is 10. The summed E-state index contributed by atoms with van der Waals surface area (Å²) < 4.78 is 0. The fourth-order valence-electron chi connectivity index (χ4n) is 9.42. The van der Waals surface area contributed by atoms with Gasteiger partial charge in [-0.15, -0.1) is 0 Å². The van der Waals surface area contributed by atoms with E-state index in [1.165, 1.54) is 36.4 Å². The number of nitrogens with one attached hydrogen (secondary N) is 8. The lowest BCUT2D eigenvalue weighted by Crippen LogP contribution is -2.61. The molecule has 1 heterocycles. The molecule has 460 valence electrons. The van der Waals surface area contributed by atoms with Crippen molar-refractivity contribution in [3.05, 3.63) is 167 Å². The number of aliphatic imine (C=N–C) groups is 1. The number of nitrogens with two attached hydrogens (primary N) is 5. The third-order valence-electron chi connectivity index (χ3n) is 14.0. The number of rotatable bonds is 21. The van der Waals surface area contributed by atoms with Gasteiger partial charge in [0.25, 0.3) is 0 Å². The maximum Gasteiger partial charge on any atom is 0.243 e. The van der Waals surface area contributed by atoms with Crippen LogP contribution in [0.1, 0.15) is 53.5 Å². The summed E-state index contributed by atoms with van der Waals surface area (Å²) in [4.78, 5) is 148. The summed E-state index contributed by atoms with van der Waals surface area (Å²) in [6.45, 7) is -0.743. The first kappa shape index (κ1) is 65.9. The molecule has 0 saturated carbocycles. The quantitative estimate of drug-likeness (QED) is 0.0208. The Labute approximate surface area is 501 Å². The zero-order valence-electron chi connectivity index (χ0n) is 47.6. The molecule has 0 aromatic heterocycles. The Morgan fingerprint density at radius 2 is 0.908 bits per heavy atom. The van der Waals surface area contributed by atoms with Crippen molar-refractivity contribution in [2.45, 2.75) is 112 Å². The second kappa shape index (κ2) is 32.7. The smallest absolute Gasteiger partial charge is 0.243 e. The van der Waals surface area contributed by atoms with Crippen molar-refractivity contribution < 1.29 is 58.2 Å². The average molecular weight is 1200 g/mol. The minimum atomic E-state index is -1.89. The number of nitrogens with zero attached hydrogens (tertiary/aromatic N) is 1. The van der Waals surface area contributed by atoms with E-state index in [-0.39, 0.29) is 68.9 Å². The lowest BCUT2D eigenvalue weighted by Gasteiger charge is -2.28. The molecule has 1 fully saturated rings. The number of aromatic hydroxyl groups is 2. The van der Waals surface area contributed by atoms with Crippen LogP contribution in [0.4, 0.5) is 0 Å². The molecule has 26 nitrogen and oxygen atoms in total. The molecule has 0 unspecified atom stereocenters. The third-order valence-corrected chi connectivity index (χ3v) is 14.0. The zero-order valence-corrected chi connectivity index (χ0v) is 47.6. The molecule has 0 spiro atoms. The Bertz CT molecular complexity index is 3210. The molecule has 6 rings (SSSR count). The standard InChI is InChI=1S/C61H74N14O12/c62-42(27-38-18-22-40(76)23-19-38)54(81)68-34-50-53(80)45(29-35-11-4-1-5-12-35)71-59(86)48(32-51(64)78)75-58(85)47(31-37-15-8-3-9-16-37)74-57(84)46(30-36-13-6-2-7-14-36)73-56(83)44(17-10-26-67-61(65)66)70-60(87)49(33-52(79)69-50)72-55(82)43(63)28-39-20-24-41(77)25-21-39/h1-9,11-16,18-25,42-50,76-77H,10,17,26-34,62-63H2,(H2,64,78)(H,68,81)(H,69,79)(H,70,87)(H,71,86)(H,72,82)(H,73,83)(H,74,84)(H,75,85)(H4,65,66,67)/t42-,43-,44-,45-,46-,47-,48-,49-,50+/m0/s1. The summed E-state index contributed by atoms with van der Waals surface area (Å²) in [6, 6.07) is 22.5. The van der Waals surface area contributed by atoms with Crippen molar-refractivity contribution in [1.82, 2.24) is 42.5 Å². The minimum Gasteiger partial charge on any atom is -0.508 e. The number of carbonyl (C=O) groups excluding carboxylic acids is 10. The monoisotopic (exact) mass is 1190 g/mol. The van der Waals surface area contributed by atoms with Gasteiger partial charge in [-0.2, -0.15) is 0 Å². The van der Waals surface area contributed by atoms with Crippen LogP contribution in [0.25, 0.3) is 0 Å². The number of benzene rings is 5. The molecule has 5 aromatic rings. The molecule has 5 aromatic carbocycles. The summed E-state index contributed by atoms with van der Waals surface area (Å²) in [5, 5.41) is 40.5. The van der Waals surface area contributed by atoms with E-state index < -0.39 is 133 Å². The van der Waals surface area contributed by atoms with Gasteiger partial charge in [0.15, 0.2) is 11.7 Å². The number of Topliss-reactive ketones (excluding diaryl/α,β-unsaturated/α-hetero) is 1. The normalized spacial score (nSPS) is 20.7. The predicted octanol–water partition coefficient (Wildman–Crippen LogP) is -2.32. The van der Waals surface area contributed by atoms with Crippen LogP contribution >= 0.6 is 0 Å². The van der Waals surface area contributed by atoms with Gasteiger partial charge in [-0.05, 0) is 84.2 Å². The van der Waals surface area contributed by atoms with Gasteiger partial charge >= 0.3 is 0 Å². The number of phenolic OH excluding ortho intramolecular Hbond substituents is 2. The second-order valence-electron chi connectivity index (χ2n) is 21.0. The Balaban J connectivity index is 1.47. The van der Waals surface area contributed by atoms with E-state index in [1.54, 1.807) is 103 Å². The first-order valence-electron chi connectivity index (χ1n) is 28.1. The van der Waals surface area contributed by atoms with Crippen LogP contribution in [0.15, 0.2) is 145 Å². The molecule has 9 atom stereocenters. The highest BCUT2D eigenvalue weighted by molar-refractivity contribution is 6.01. The van der Waals surface area contributed by atoms with Gasteiger partial charge in [-0.3, -0.25) is 52.9 Å². The summed E-state index contributed by atoms with van der Waals surface area (Å²) in [5.41, 5.74) is 32.2. The minimum absolute atomic E-state index is 0.0339. The van der Waals surface area contributed by atoms with Crippen LogP contribution in [0.5, 0.6) is 11.5 Å². The van der Waals surface area contributed by atoms with Gasteiger partial charge in [0.2, 0.25) is 53.2 Å². The average Bonchev–Trinajstić information content (AvgIpc) is 3.34. The Morgan fingerprint density at radius 3 is 1.38 bits per heavy atom. The van der Waals surface area contributed by atoms with Crippen molar-refractivity contribution in [2.24, 2.45) is 33.7 Å². The first-order chi connectivity index (χ1) is 41.6. The largest absolute Gasteiger partial charge is 0.508 e. The van der Waals surface area contributed by atoms with Crippen molar-refractivity contribution in [2.75, 3.05) is 13.1 Å². The highest BCUT2D eigenvalue weighted by Gasteiger charge is 2.38. The number of ketones is 1. The van der Waals surface area contributed by atoms with E-state index in [1.807, 2.05) is 0 Å². The number of phenols is 2. The lowest BCUT2D eigenvalue weighted by molar-refractivity contribution is -0.136. The van der Waals surface area contributed by atoms with Gasteiger partial charge in [0.05, 0.1) is 31.0 Å². The Morgan fingerprint density at radius 1 is 0.494 bits per heavy atom. The van der Waals surface area contributed by atoms with Crippen LogP contribution in [-0.2, 0) is 80.0 Å². The molecule has 1 aliphatic heterocycles. The molecule has 1 aliphatic rings. The molecule has 20 N–H and O–H groups in total. The maximum atomic E-state index is 15.2. The van der Waals surface area contributed by atoms with Crippen molar-refractivity contribution in [3.63, 3.8) is 0 Å². The Kier molecular flexibility index (Phi) is 24.8. The molecule has 0 radical (unpaired) electrons. The highest BCUT2D eigenvalue weighted by atomic mass is 16.3. The van der Waals surface area contributed by atoms with Crippen LogP contribution in [-0.4, -0.2) is 143 Å². The molecule has 87 heavy (non-hydrogen) atoms. The highest BCUT2D eigenvalue weighted by Crippen LogP contribution is 2.16. The number of hydrogen-bond acceptors (Lipinski definition) is 15. The van der Waals surface area contributed by atoms with Gasteiger partial charge in [0, 0.05) is 25.9 Å². The first-order valence-corrected chi connectivity index (χ1v) is 28.1. The molecule has 9 amide bonds. The molecule has 0 aliphatic carbocycles. The molecule has 0 bridgehead atoms. The summed E-state index contributed by atoms with van der Waals surface area (Å²) in [6.07, 6.45) is -2.80. The van der Waals surface area contributed by atoms with E-state index in [0.29, 0.717) is 27.8 Å². The van der Waals surface area contributed by atoms with E-state index in [0.717, 1.165) is 0 Å². The number of amides is 9. The summed E-state index contributed by atoms with van der Waals surface area (Å²) in [7, 11) is 0. The topological polar surface area (TPSA) is 450 Å². The molecule has 26 heteroatoms. The third kappa shape index (κ3) is 21.7. The van der Waals surface area contributed by atoms with Crippen LogP contribution < -0.4 is 71.2 Å². The fourth-order valence-corrected chi connectivity index (χ4v) is 9.42. The molecule has 1 saturated heterocycles. The fraction of sp³-hybridized carbons (Fsp3) is 0.328. The molecular formula is C61H74N14O12. The Hall–Kier alpha value is -10.2. The SMILES string of the molecule is NC(=O)C[C@@H]1NC(=O)[C@H](Cc2ccccc2)NC(=O)[C@H](Cc2ccccc2)NC(=O)[C@H](CCCN=C(N)N)NC(=O)[C@@H](NC(=O)[C@@H](N)Cc2ccc(O)cc2)CC(=O)N[C@H](CNC(=O)[C@@H](N)Cc2ccc(O)cc2)C(=O)[C@H](Cc2ccccc2)NC1=O. The predicted molar refractivity (Wildman–Crippen MR) is 320 cm³/mol. The van der Waals surface area contributed by atoms with Crippen molar-refractivity contribution in [1.29, 1.82) is 0 Å². The van der Waals surface area contributed by atoms with E-state index >= 15 is 4.79 Å². The zero-order chi connectivity index (χ0) is 63.0. The second-order valence-corrected chi connectivity index (χ2v) is 21.0. The maximum absolute atomic E-state index is 15.2. The van der Waals surface area contributed by atoms with Crippen LogP contribution in [0.2, 0.25) is 0 Å². The van der Waals surface area contributed by atoms with Crippen molar-refractivity contribution >= 4 is 64.9 Å². The van der Waals surface area contributed by atoms with E-state index in [2.05, 4.69) is 47.5 Å². The molecular weight excluding hydrogens is 1120 g/mol. The van der Waals surface area contributed by atoms with Crippen LogP contribution in [0.3, 0.4) is 0 Å². The van der Waals surface area contributed by atoms with Crippen LogP contribution in [0, 0.1) is 0 Å². The summed E-state index contributed by atoms with van der Waals surface area (Å²) >= 11 is 0. The van der Waals surface area contributed by atoms with Gasteiger partial charge in [-0.25, -0.2) is 0 Å². The summed E-state index contributed by atoms with van der Waals surface area (Å²) in [5.74, 6) is -10.3. The number of guanidine groups is 1. The van der Waals surface area contributed by atoms with E-state index in [4.69, 9.17) is 28.7 Å². The van der Waals surface area contributed by atoms with Gasteiger partial charge in [-0.1, -0.05) is 115 Å². The van der Waals surface area contributed by atoms with E-state index in [9.17, 15) is 53.4 Å².